The van der Waals surface area contributed by atoms with Gasteiger partial charge in [-0.2, -0.15) is 0 Å². The molecule has 0 saturated heterocycles. The fourth-order valence-electron chi connectivity index (χ4n) is 6.23. The predicted molar refractivity (Wildman–Crippen MR) is 189 cm³/mol. The summed E-state index contributed by atoms with van der Waals surface area (Å²) in [6.45, 7) is 3.17. The van der Waals surface area contributed by atoms with Crippen LogP contribution in [0.4, 0.5) is 0 Å². The van der Waals surface area contributed by atoms with Crippen LogP contribution in [0.1, 0.15) is 0 Å². The Hall–Kier alpha value is -4.50. The number of hydrogen-bond acceptors (Lipinski definition) is 6. The molecule has 0 aliphatic carbocycles. The largest absolute Gasteiger partial charge is 0.491 e. The Morgan fingerprint density at radius 3 is 1.23 bits per heavy atom. The molecule has 0 radical (unpaired) electrons. The number of fused-ring (bicyclic) bond motifs is 7. The van der Waals surface area contributed by atoms with Gasteiger partial charge in [-0.3, -0.25) is 0 Å². The highest BCUT2D eigenvalue weighted by molar-refractivity contribution is 6.92. The molecule has 0 fully saturated rings. The first-order valence-electron chi connectivity index (χ1n) is 16.2. The Balaban J connectivity index is 1.21. The van der Waals surface area contributed by atoms with Gasteiger partial charge in [-0.25, -0.2) is 0 Å². The third-order valence-electron chi connectivity index (χ3n) is 8.38. The molecule has 6 nitrogen and oxygen atoms in total. The second-order valence-electron chi connectivity index (χ2n) is 11.3. The molecule has 0 N–H and O–H groups in total. The fraction of sp³-hybridized carbons (Fsp3) is 0.200. The van der Waals surface area contributed by atoms with Gasteiger partial charge < -0.3 is 27.8 Å². The van der Waals surface area contributed by atoms with Crippen LogP contribution in [0, 0.1) is 0 Å². The quantitative estimate of drug-likeness (QED) is 0.195. The smallest absolute Gasteiger partial charge is 0.407 e. The van der Waals surface area contributed by atoms with Crippen LogP contribution in [0.5, 0.6) is 11.5 Å². The lowest BCUT2D eigenvalue weighted by Gasteiger charge is -2.31. The van der Waals surface area contributed by atoms with E-state index in [9.17, 15) is 0 Å². The highest BCUT2D eigenvalue weighted by Gasteiger charge is 2.42. The highest BCUT2D eigenvalue weighted by atomic mass is 28.4. The predicted octanol–water partition coefficient (Wildman–Crippen LogP) is 6.75. The van der Waals surface area contributed by atoms with Gasteiger partial charge in [-0.1, -0.05) is 121 Å². The third-order valence-corrected chi connectivity index (χ3v) is 11.8. The van der Waals surface area contributed by atoms with E-state index in [1.807, 2.05) is 36.4 Å². The van der Waals surface area contributed by atoms with E-state index in [0.717, 1.165) is 54.5 Å². The first-order valence-corrected chi connectivity index (χ1v) is 18.0. The van der Waals surface area contributed by atoms with Gasteiger partial charge in [-0.05, 0) is 44.1 Å². The van der Waals surface area contributed by atoms with E-state index in [1.165, 1.54) is 0 Å². The topological polar surface area (TPSA) is 55.4 Å². The minimum absolute atomic E-state index is 0.380. The van der Waals surface area contributed by atoms with Crippen molar-refractivity contribution in [3.8, 4) is 22.6 Å². The molecule has 238 valence electrons. The van der Waals surface area contributed by atoms with Gasteiger partial charge in [0.1, 0.15) is 24.7 Å². The summed E-state index contributed by atoms with van der Waals surface area (Å²) in [5.41, 5.74) is 2.01. The summed E-state index contributed by atoms with van der Waals surface area (Å²) < 4.78 is 38.6. The first kappa shape index (κ1) is 31.1. The molecule has 7 rings (SSSR count). The van der Waals surface area contributed by atoms with Crippen LogP contribution in [0.3, 0.4) is 0 Å². The summed E-state index contributed by atoms with van der Waals surface area (Å²) in [5.74, 6) is 1.57. The van der Waals surface area contributed by atoms with Crippen molar-refractivity contribution in [2.24, 2.45) is 0 Å². The second kappa shape index (κ2) is 14.9. The first-order chi connectivity index (χ1) is 23.3. The van der Waals surface area contributed by atoms with Crippen molar-refractivity contribution in [1.29, 1.82) is 0 Å². The standard InChI is InChI=1S/C40H38O6Si/c1-3-13-33(14-4-1)47(34-15-5-2-6-16-34)45-29-25-41-23-27-43-37-21-19-31-11-7-9-17-35(31)39(37)40-36-18-10-8-12-32(36)20-22-38(40)44-28-24-42-26-30-46-47/h1-22H,23-30H2. The van der Waals surface area contributed by atoms with Crippen LogP contribution in [-0.2, 0) is 18.3 Å². The van der Waals surface area contributed by atoms with E-state index in [4.69, 9.17) is 27.8 Å². The minimum atomic E-state index is -3.06. The van der Waals surface area contributed by atoms with E-state index in [1.54, 1.807) is 0 Å². The average molecular weight is 643 g/mol. The molecule has 0 atom stereocenters. The van der Waals surface area contributed by atoms with Crippen molar-refractivity contribution in [1.82, 2.24) is 0 Å². The third kappa shape index (κ3) is 6.81. The average Bonchev–Trinajstić information content (AvgIpc) is 3.13. The molecule has 0 saturated carbocycles. The van der Waals surface area contributed by atoms with E-state index < -0.39 is 8.56 Å². The van der Waals surface area contributed by atoms with Crippen LogP contribution in [-0.4, -0.2) is 61.4 Å². The van der Waals surface area contributed by atoms with Crippen molar-refractivity contribution in [2.75, 3.05) is 52.9 Å². The normalized spacial score (nSPS) is 16.4. The minimum Gasteiger partial charge on any atom is -0.491 e. The van der Waals surface area contributed by atoms with Gasteiger partial charge in [0, 0.05) is 11.1 Å². The summed E-state index contributed by atoms with van der Waals surface area (Å²) in [7, 11) is -3.06. The van der Waals surface area contributed by atoms with Crippen molar-refractivity contribution in [3.05, 3.63) is 133 Å². The van der Waals surface area contributed by atoms with E-state index in [-0.39, 0.29) is 0 Å². The Morgan fingerprint density at radius 2 is 0.766 bits per heavy atom. The molecule has 6 aromatic rings. The summed E-state index contributed by atoms with van der Waals surface area (Å²) in [6.07, 6.45) is 0. The lowest BCUT2D eigenvalue weighted by Crippen LogP contribution is -2.64. The van der Waals surface area contributed by atoms with E-state index >= 15 is 0 Å². The summed E-state index contributed by atoms with van der Waals surface area (Å²) >= 11 is 0. The molecule has 7 heteroatoms. The molecule has 0 spiro atoms. The van der Waals surface area contributed by atoms with Crippen LogP contribution >= 0.6 is 0 Å². The molecule has 0 amide bonds. The van der Waals surface area contributed by atoms with Crippen LogP contribution in [0.2, 0.25) is 0 Å². The molecular weight excluding hydrogens is 605 g/mol. The van der Waals surface area contributed by atoms with E-state index in [0.29, 0.717) is 52.9 Å². The molecule has 0 unspecified atom stereocenters. The Bertz CT molecular complexity index is 1770. The second-order valence-corrected chi connectivity index (χ2v) is 14.3. The van der Waals surface area contributed by atoms with E-state index in [2.05, 4.69) is 97.1 Å². The molecule has 1 heterocycles. The highest BCUT2D eigenvalue weighted by Crippen LogP contribution is 2.45. The van der Waals surface area contributed by atoms with Gasteiger partial charge in [0.05, 0.1) is 39.6 Å². The maximum atomic E-state index is 6.73. The van der Waals surface area contributed by atoms with Gasteiger partial charge in [0.15, 0.2) is 0 Å². The Kier molecular flexibility index (Phi) is 9.89. The Labute approximate surface area is 276 Å². The van der Waals surface area contributed by atoms with Gasteiger partial charge in [0.25, 0.3) is 0 Å². The van der Waals surface area contributed by atoms with Gasteiger partial charge >= 0.3 is 8.56 Å². The van der Waals surface area contributed by atoms with Gasteiger partial charge in [-0.15, -0.1) is 0 Å². The number of rotatable bonds is 2. The zero-order valence-electron chi connectivity index (χ0n) is 26.3. The SMILES string of the molecule is c1ccc([Si]2(c3ccccc3)OCCOCCOc3ccc4ccccc4c3-c3c(ccc4ccccc34)OCCOCCO2)cc1. The summed E-state index contributed by atoms with van der Waals surface area (Å²) in [5, 5.41) is 6.54. The molecule has 6 aromatic carbocycles. The van der Waals surface area contributed by atoms with Crippen LogP contribution in [0.25, 0.3) is 32.7 Å². The zero-order valence-corrected chi connectivity index (χ0v) is 27.3. The molecular formula is C40H38O6Si. The van der Waals surface area contributed by atoms with Crippen LogP contribution in [0.15, 0.2) is 133 Å². The van der Waals surface area contributed by atoms with Gasteiger partial charge in [0.2, 0.25) is 0 Å². The molecule has 1 aliphatic rings. The molecule has 0 bridgehead atoms. The van der Waals surface area contributed by atoms with Crippen molar-refractivity contribution < 1.29 is 27.8 Å². The lowest BCUT2D eigenvalue weighted by atomic mass is 9.92. The summed E-state index contributed by atoms with van der Waals surface area (Å²) in [6, 6.07) is 45.6. The van der Waals surface area contributed by atoms with Crippen LogP contribution < -0.4 is 19.8 Å². The van der Waals surface area contributed by atoms with Crippen molar-refractivity contribution in [2.45, 2.75) is 0 Å². The summed E-state index contributed by atoms with van der Waals surface area (Å²) in [4.78, 5) is 0. The lowest BCUT2D eigenvalue weighted by molar-refractivity contribution is 0.0512. The number of ether oxygens (including phenoxy) is 4. The number of benzene rings is 6. The maximum absolute atomic E-state index is 6.73. The zero-order chi connectivity index (χ0) is 31.7. The monoisotopic (exact) mass is 642 g/mol. The Morgan fingerprint density at radius 1 is 0.362 bits per heavy atom. The fourth-order valence-corrected chi connectivity index (χ4v) is 9.32. The van der Waals surface area contributed by atoms with Crippen molar-refractivity contribution in [3.63, 3.8) is 0 Å². The molecule has 0 aromatic heterocycles. The number of hydrogen-bond donors (Lipinski definition) is 0. The molecule has 1 aliphatic heterocycles. The van der Waals surface area contributed by atoms with Crippen molar-refractivity contribution >= 4 is 40.5 Å². The molecule has 47 heavy (non-hydrogen) atoms. The maximum Gasteiger partial charge on any atom is 0.407 e.